The van der Waals surface area contributed by atoms with E-state index in [-0.39, 0.29) is 0 Å². The van der Waals surface area contributed by atoms with Gasteiger partial charge in [-0.25, -0.2) is 4.68 Å². The molecule has 0 saturated heterocycles. The van der Waals surface area contributed by atoms with Crippen LogP contribution in [0.5, 0.6) is 0 Å². The molecule has 2 atom stereocenters. The molecule has 90 valence electrons. The van der Waals surface area contributed by atoms with Gasteiger partial charge in [0.25, 0.3) is 0 Å². The minimum atomic E-state index is 0.397. The summed E-state index contributed by atoms with van der Waals surface area (Å²) in [6.07, 6.45) is 5.78. The number of rotatable bonds is 6. The van der Waals surface area contributed by atoms with Crippen molar-refractivity contribution in [3.05, 3.63) is 11.9 Å². The number of aromatic nitrogens is 3. The molecule has 1 fully saturated rings. The third-order valence-electron chi connectivity index (χ3n) is 3.60. The molecule has 0 spiro atoms. The van der Waals surface area contributed by atoms with Crippen LogP contribution in [0.15, 0.2) is 6.20 Å². The van der Waals surface area contributed by atoms with Crippen LogP contribution in [0.1, 0.15) is 44.8 Å². The lowest BCUT2D eigenvalue weighted by Gasteiger charge is -2.23. The average molecular weight is 222 g/mol. The van der Waals surface area contributed by atoms with Gasteiger partial charge >= 0.3 is 0 Å². The van der Waals surface area contributed by atoms with E-state index in [1.807, 2.05) is 17.9 Å². The van der Waals surface area contributed by atoms with Crippen LogP contribution in [-0.2, 0) is 6.54 Å². The Balaban J connectivity index is 2.14. The van der Waals surface area contributed by atoms with Crippen molar-refractivity contribution in [2.75, 3.05) is 7.05 Å². The Morgan fingerprint density at radius 1 is 1.56 bits per heavy atom. The number of hydrogen-bond donors (Lipinski definition) is 1. The van der Waals surface area contributed by atoms with Crippen LogP contribution in [0, 0.1) is 11.8 Å². The Morgan fingerprint density at radius 2 is 2.31 bits per heavy atom. The summed E-state index contributed by atoms with van der Waals surface area (Å²) in [6.45, 7) is 5.47. The number of aryl methyl sites for hydroxylation is 1. The van der Waals surface area contributed by atoms with Gasteiger partial charge in [-0.15, -0.1) is 5.10 Å². The molecule has 0 amide bonds. The van der Waals surface area contributed by atoms with E-state index in [0.717, 1.165) is 18.9 Å². The maximum absolute atomic E-state index is 4.16. The van der Waals surface area contributed by atoms with Gasteiger partial charge in [-0.1, -0.05) is 19.1 Å². The minimum Gasteiger partial charge on any atom is -0.311 e. The first-order valence-corrected chi connectivity index (χ1v) is 6.33. The van der Waals surface area contributed by atoms with Crippen molar-refractivity contribution in [3.8, 4) is 0 Å². The number of nitrogens with one attached hydrogen (secondary N) is 1. The van der Waals surface area contributed by atoms with E-state index < -0.39 is 0 Å². The highest BCUT2D eigenvalue weighted by atomic mass is 15.4. The smallest absolute Gasteiger partial charge is 0.0759 e. The topological polar surface area (TPSA) is 42.7 Å². The van der Waals surface area contributed by atoms with Gasteiger partial charge in [-0.3, -0.25) is 0 Å². The molecule has 1 aromatic heterocycles. The molecule has 1 aliphatic rings. The number of nitrogens with zero attached hydrogens (tertiary/aromatic N) is 3. The van der Waals surface area contributed by atoms with Gasteiger partial charge in [-0.05, 0) is 38.1 Å². The molecule has 1 aromatic rings. The Labute approximate surface area is 97.4 Å². The fourth-order valence-corrected chi connectivity index (χ4v) is 2.47. The van der Waals surface area contributed by atoms with Crippen molar-refractivity contribution in [1.82, 2.24) is 20.3 Å². The number of hydrogen-bond acceptors (Lipinski definition) is 3. The van der Waals surface area contributed by atoms with Gasteiger partial charge in [0.05, 0.1) is 17.9 Å². The molecule has 1 N–H and O–H groups in total. The van der Waals surface area contributed by atoms with E-state index in [1.54, 1.807) is 0 Å². The van der Waals surface area contributed by atoms with E-state index in [0.29, 0.717) is 12.0 Å². The van der Waals surface area contributed by atoms with Crippen LogP contribution >= 0.6 is 0 Å². The van der Waals surface area contributed by atoms with E-state index in [1.165, 1.54) is 18.5 Å². The van der Waals surface area contributed by atoms with Gasteiger partial charge in [0, 0.05) is 6.54 Å². The molecule has 2 unspecified atom stereocenters. The molecular formula is C12H22N4. The molecule has 0 radical (unpaired) electrons. The first-order valence-electron chi connectivity index (χ1n) is 6.33. The Morgan fingerprint density at radius 3 is 2.88 bits per heavy atom. The predicted molar refractivity (Wildman–Crippen MR) is 64.0 cm³/mol. The zero-order chi connectivity index (χ0) is 11.5. The summed E-state index contributed by atoms with van der Waals surface area (Å²) in [5.74, 6) is 1.57. The second-order valence-electron chi connectivity index (χ2n) is 4.84. The second-order valence-corrected chi connectivity index (χ2v) is 4.84. The van der Waals surface area contributed by atoms with E-state index >= 15 is 0 Å². The van der Waals surface area contributed by atoms with Crippen molar-refractivity contribution in [1.29, 1.82) is 0 Å². The van der Waals surface area contributed by atoms with Gasteiger partial charge in [-0.2, -0.15) is 0 Å². The molecule has 2 rings (SSSR count). The van der Waals surface area contributed by atoms with Crippen LogP contribution in [0.2, 0.25) is 0 Å². The molecule has 0 aliphatic heterocycles. The highest BCUT2D eigenvalue weighted by Crippen LogP contribution is 2.42. The third-order valence-corrected chi connectivity index (χ3v) is 3.60. The maximum Gasteiger partial charge on any atom is 0.0759 e. The summed E-state index contributed by atoms with van der Waals surface area (Å²) in [4.78, 5) is 0. The first-order chi connectivity index (χ1) is 7.77. The predicted octanol–water partition coefficient (Wildman–Crippen LogP) is 1.99. The van der Waals surface area contributed by atoms with E-state index in [9.17, 15) is 0 Å². The summed E-state index contributed by atoms with van der Waals surface area (Å²) < 4.78 is 2.04. The molecular weight excluding hydrogens is 200 g/mol. The van der Waals surface area contributed by atoms with Gasteiger partial charge in [0.15, 0.2) is 0 Å². The molecule has 4 heteroatoms. The largest absolute Gasteiger partial charge is 0.311 e. The lowest BCUT2D eigenvalue weighted by atomic mass is 9.94. The van der Waals surface area contributed by atoms with Crippen LogP contribution in [0.4, 0.5) is 0 Å². The van der Waals surface area contributed by atoms with E-state index in [4.69, 9.17) is 0 Å². The molecule has 0 bridgehead atoms. The molecule has 4 nitrogen and oxygen atoms in total. The quantitative estimate of drug-likeness (QED) is 0.800. The normalized spacial score (nSPS) is 19.7. The Kier molecular flexibility index (Phi) is 3.59. The molecule has 16 heavy (non-hydrogen) atoms. The maximum atomic E-state index is 4.16. The standard InChI is InChI=1S/C12H22N4/c1-4-7-16-11(8-14-15-16)12(13-3)9(2)10-5-6-10/h8-10,12-13H,4-7H2,1-3H3. The van der Waals surface area contributed by atoms with Crippen molar-refractivity contribution >= 4 is 0 Å². The SMILES string of the molecule is CCCn1nncc1C(NC)C(C)C1CC1. The first kappa shape index (κ1) is 11.6. The van der Waals surface area contributed by atoms with Gasteiger partial charge < -0.3 is 5.32 Å². The minimum absolute atomic E-state index is 0.397. The fourth-order valence-electron chi connectivity index (χ4n) is 2.47. The van der Waals surface area contributed by atoms with Crippen molar-refractivity contribution < 1.29 is 0 Å². The summed E-state index contributed by atoms with van der Waals surface area (Å²) in [7, 11) is 2.03. The van der Waals surface area contributed by atoms with Crippen molar-refractivity contribution in [3.63, 3.8) is 0 Å². The molecule has 1 aliphatic carbocycles. The fraction of sp³-hybridized carbons (Fsp3) is 0.833. The molecule has 1 saturated carbocycles. The zero-order valence-electron chi connectivity index (χ0n) is 10.5. The summed E-state index contributed by atoms with van der Waals surface area (Å²) in [5.41, 5.74) is 1.24. The summed E-state index contributed by atoms with van der Waals surface area (Å²) >= 11 is 0. The zero-order valence-corrected chi connectivity index (χ0v) is 10.5. The second kappa shape index (κ2) is 4.95. The molecule has 1 heterocycles. The Bertz CT molecular complexity index is 330. The van der Waals surface area contributed by atoms with Gasteiger partial charge in [0.1, 0.15) is 0 Å². The summed E-state index contributed by atoms with van der Waals surface area (Å²) in [5, 5.41) is 11.6. The lowest BCUT2D eigenvalue weighted by molar-refractivity contribution is 0.345. The average Bonchev–Trinajstić information content (AvgIpc) is 3.04. The highest BCUT2D eigenvalue weighted by molar-refractivity contribution is 5.06. The van der Waals surface area contributed by atoms with Gasteiger partial charge in [0.2, 0.25) is 0 Å². The van der Waals surface area contributed by atoms with Crippen LogP contribution in [0.3, 0.4) is 0 Å². The van der Waals surface area contributed by atoms with Crippen LogP contribution in [-0.4, -0.2) is 22.0 Å². The Hall–Kier alpha value is -0.900. The molecule has 0 aromatic carbocycles. The summed E-state index contributed by atoms with van der Waals surface area (Å²) in [6, 6.07) is 0.397. The van der Waals surface area contributed by atoms with Crippen molar-refractivity contribution in [2.24, 2.45) is 11.8 Å². The monoisotopic (exact) mass is 222 g/mol. The van der Waals surface area contributed by atoms with Crippen LogP contribution in [0.25, 0.3) is 0 Å². The lowest BCUT2D eigenvalue weighted by Crippen LogP contribution is -2.27. The third kappa shape index (κ3) is 2.26. The van der Waals surface area contributed by atoms with Crippen LogP contribution < -0.4 is 5.32 Å². The van der Waals surface area contributed by atoms with Crippen molar-refractivity contribution in [2.45, 2.75) is 45.7 Å². The van der Waals surface area contributed by atoms with E-state index in [2.05, 4.69) is 29.5 Å². The highest BCUT2D eigenvalue weighted by Gasteiger charge is 2.34.